The van der Waals surface area contributed by atoms with Crippen molar-refractivity contribution in [3.8, 4) is 22.7 Å². The molecule has 0 bridgehead atoms. The molecule has 0 saturated carbocycles. The summed E-state index contributed by atoms with van der Waals surface area (Å²) >= 11 is 1.23. The molecule has 0 radical (unpaired) electrons. The fraction of sp³-hybridized carbons (Fsp3) is 0.256. The molecule has 0 aliphatic carbocycles. The molecule has 0 fully saturated rings. The molecule has 3 heterocycles. The number of rotatable bonds is 10. The molecule has 0 saturated heterocycles. The van der Waals surface area contributed by atoms with Crippen molar-refractivity contribution in [3.63, 3.8) is 0 Å². The van der Waals surface area contributed by atoms with Crippen molar-refractivity contribution in [3.05, 3.63) is 132 Å². The summed E-state index contributed by atoms with van der Waals surface area (Å²) in [5.41, 5.74) is 5.46. The first-order valence-corrected chi connectivity index (χ1v) is 17.1. The standard InChI is InChI=1S/C39H38N4O6S/c1-23(2)18-19-49-31-17-16-28(20-24(31)3)34-29(22-42(41-34)30-10-8-7-9-11-30)21-32-36(44)43-35(26-12-14-27(15-13-26)37(45)47-5)33(38(46)48-6)25(4)40-39(43)50-32/h7-17,20-23,35H,18-19H2,1-6H3. The van der Waals surface area contributed by atoms with Crippen molar-refractivity contribution in [2.24, 2.45) is 10.9 Å². The summed E-state index contributed by atoms with van der Waals surface area (Å²) in [5.74, 6) is 0.281. The number of aromatic nitrogens is 3. The van der Waals surface area contributed by atoms with Crippen LogP contribution < -0.4 is 19.6 Å². The topological polar surface area (TPSA) is 114 Å². The summed E-state index contributed by atoms with van der Waals surface area (Å²) < 4.78 is 19.8. The highest BCUT2D eigenvalue weighted by Crippen LogP contribution is 2.32. The monoisotopic (exact) mass is 690 g/mol. The Morgan fingerprint density at radius 1 is 0.960 bits per heavy atom. The highest BCUT2D eigenvalue weighted by molar-refractivity contribution is 7.07. The Hall–Kier alpha value is -5.55. The van der Waals surface area contributed by atoms with Crippen LogP contribution in [0, 0.1) is 12.8 Å². The first-order chi connectivity index (χ1) is 24.1. The second-order valence-corrected chi connectivity index (χ2v) is 13.4. The number of hydrogen-bond acceptors (Lipinski definition) is 9. The number of hydrogen-bond donors (Lipinski definition) is 0. The van der Waals surface area contributed by atoms with Crippen molar-refractivity contribution < 1.29 is 23.8 Å². The van der Waals surface area contributed by atoms with Crippen LogP contribution in [0.2, 0.25) is 0 Å². The van der Waals surface area contributed by atoms with Crippen molar-refractivity contribution in [1.29, 1.82) is 0 Å². The van der Waals surface area contributed by atoms with Crippen LogP contribution in [0.3, 0.4) is 0 Å². The molecule has 10 nitrogen and oxygen atoms in total. The van der Waals surface area contributed by atoms with Gasteiger partial charge in [-0.25, -0.2) is 19.3 Å². The molecule has 0 spiro atoms. The van der Waals surface area contributed by atoms with E-state index in [0.29, 0.717) is 44.4 Å². The van der Waals surface area contributed by atoms with E-state index in [2.05, 4.69) is 18.8 Å². The van der Waals surface area contributed by atoms with E-state index in [1.54, 1.807) is 35.9 Å². The van der Waals surface area contributed by atoms with Gasteiger partial charge >= 0.3 is 11.9 Å². The fourth-order valence-corrected chi connectivity index (χ4v) is 6.90. The average molecular weight is 691 g/mol. The highest BCUT2D eigenvalue weighted by Gasteiger charge is 2.33. The van der Waals surface area contributed by atoms with E-state index in [1.165, 1.54) is 30.1 Å². The average Bonchev–Trinajstić information content (AvgIpc) is 3.68. The molecule has 2 aromatic heterocycles. The van der Waals surface area contributed by atoms with E-state index in [4.69, 9.17) is 19.3 Å². The Labute approximate surface area is 293 Å². The molecule has 1 atom stereocenters. The van der Waals surface area contributed by atoms with Gasteiger partial charge in [0.2, 0.25) is 0 Å². The van der Waals surface area contributed by atoms with Gasteiger partial charge in [0.25, 0.3) is 5.56 Å². The highest BCUT2D eigenvalue weighted by atomic mass is 32.1. The third kappa shape index (κ3) is 6.81. The molecule has 50 heavy (non-hydrogen) atoms. The van der Waals surface area contributed by atoms with Crippen LogP contribution in [0.4, 0.5) is 0 Å². The lowest BCUT2D eigenvalue weighted by atomic mass is 9.95. The van der Waals surface area contributed by atoms with E-state index in [1.807, 2.05) is 67.7 Å². The van der Waals surface area contributed by atoms with E-state index in [-0.39, 0.29) is 11.1 Å². The van der Waals surface area contributed by atoms with E-state index < -0.39 is 18.0 Å². The van der Waals surface area contributed by atoms with Crippen molar-refractivity contribution in [1.82, 2.24) is 14.3 Å². The smallest absolute Gasteiger partial charge is 0.338 e. The molecule has 256 valence electrons. The minimum absolute atomic E-state index is 0.237. The van der Waals surface area contributed by atoms with Crippen molar-refractivity contribution in [2.75, 3.05) is 20.8 Å². The number of benzene rings is 3. The zero-order valence-electron chi connectivity index (χ0n) is 28.8. The molecule has 6 rings (SSSR count). The Bertz CT molecular complexity index is 2280. The maximum absolute atomic E-state index is 14.3. The zero-order valence-corrected chi connectivity index (χ0v) is 29.6. The molecular formula is C39H38N4O6S. The van der Waals surface area contributed by atoms with E-state index >= 15 is 0 Å². The number of allylic oxidation sites excluding steroid dienone is 1. The largest absolute Gasteiger partial charge is 0.493 e. The van der Waals surface area contributed by atoms with Crippen LogP contribution in [-0.4, -0.2) is 47.1 Å². The van der Waals surface area contributed by atoms with Crippen LogP contribution in [0.25, 0.3) is 23.0 Å². The van der Waals surface area contributed by atoms with Crippen LogP contribution in [-0.2, 0) is 14.3 Å². The van der Waals surface area contributed by atoms with Gasteiger partial charge in [-0.1, -0.05) is 55.5 Å². The van der Waals surface area contributed by atoms with E-state index in [9.17, 15) is 14.4 Å². The van der Waals surface area contributed by atoms with E-state index in [0.717, 1.165) is 34.5 Å². The van der Waals surface area contributed by atoms with Crippen LogP contribution in [0.15, 0.2) is 100 Å². The lowest BCUT2D eigenvalue weighted by Gasteiger charge is -2.24. The summed E-state index contributed by atoms with van der Waals surface area (Å²) in [7, 11) is 2.60. The van der Waals surface area contributed by atoms with Gasteiger partial charge in [0.05, 0.1) is 53.9 Å². The van der Waals surface area contributed by atoms with Gasteiger partial charge < -0.3 is 14.2 Å². The molecule has 1 unspecified atom stereocenters. The Kier molecular flexibility index (Phi) is 9.96. The number of carbonyl (C=O) groups is 2. The number of methoxy groups -OCH3 is 2. The number of para-hydroxylation sites is 1. The third-order valence-electron chi connectivity index (χ3n) is 8.53. The number of thiazole rings is 1. The minimum atomic E-state index is -0.829. The maximum Gasteiger partial charge on any atom is 0.338 e. The molecule has 1 aliphatic heterocycles. The van der Waals surface area contributed by atoms with Gasteiger partial charge in [-0.3, -0.25) is 9.36 Å². The number of carbonyl (C=O) groups excluding carboxylic acids is 2. The van der Waals surface area contributed by atoms with Gasteiger partial charge in [0.15, 0.2) is 4.80 Å². The quantitative estimate of drug-likeness (QED) is 0.171. The lowest BCUT2D eigenvalue weighted by Crippen LogP contribution is -2.39. The van der Waals surface area contributed by atoms with Gasteiger partial charge in [-0.05, 0) is 85.9 Å². The maximum atomic E-state index is 14.3. The summed E-state index contributed by atoms with van der Waals surface area (Å²) in [6.07, 6.45) is 4.69. The Balaban J connectivity index is 1.49. The second kappa shape index (κ2) is 14.5. The van der Waals surface area contributed by atoms with Crippen LogP contribution in [0.5, 0.6) is 5.75 Å². The van der Waals surface area contributed by atoms with Gasteiger partial charge in [-0.15, -0.1) is 0 Å². The number of nitrogens with zero attached hydrogens (tertiary/aromatic N) is 4. The second-order valence-electron chi connectivity index (χ2n) is 12.4. The fourth-order valence-electron chi connectivity index (χ4n) is 5.86. The SMILES string of the molecule is COC(=O)C1=C(C)N=c2sc(=Cc3cn(-c4ccccc4)nc3-c3ccc(OCCC(C)C)c(C)c3)c(=O)n2C1c1ccc(C(=O)OC)cc1. The van der Waals surface area contributed by atoms with Crippen LogP contribution >= 0.6 is 11.3 Å². The summed E-state index contributed by atoms with van der Waals surface area (Å²) in [6, 6.07) is 21.6. The zero-order chi connectivity index (χ0) is 35.5. The molecular weight excluding hydrogens is 653 g/mol. The molecule has 1 aliphatic rings. The van der Waals surface area contributed by atoms with Gasteiger partial charge in [0.1, 0.15) is 11.4 Å². The normalized spacial score (nSPS) is 14.4. The number of fused-ring (bicyclic) bond motifs is 1. The molecule has 11 heteroatoms. The van der Waals surface area contributed by atoms with Gasteiger partial charge in [-0.2, -0.15) is 5.10 Å². The minimum Gasteiger partial charge on any atom is -0.493 e. The Morgan fingerprint density at radius 3 is 2.34 bits per heavy atom. The van der Waals surface area contributed by atoms with Crippen LogP contribution in [0.1, 0.15) is 60.3 Å². The first kappa shape index (κ1) is 34.3. The molecule has 0 N–H and O–H groups in total. The third-order valence-corrected chi connectivity index (χ3v) is 9.51. The summed E-state index contributed by atoms with van der Waals surface area (Å²) in [4.78, 5) is 44.7. The van der Waals surface area contributed by atoms with Gasteiger partial charge in [0, 0.05) is 17.3 Å². The predicted octanol–water partition coefficient (Wildman–Crippen LogP) is 5.78. The molecule has 0 amide bonds. The lowest BCUT2D eigenvalue weighted by molar-refractivity contribution is -0.136. The van der Waals surface area contributed by atoms with Crippen molar-refractivity contribution >= 4 is 29.4 Å². The number of aryl methyl sites for hydroxylation is 1. The summed E-state index contributed by atoms with van der Waals surface area (Å²) in [6.45, 7) is 8.71. The van der Waals surface area contributed by atoms with Crippen molar-refractivity contribution in [2.45, 2.75) is 40.2 Å². The Morgan fingerprint density at radius 2 is 1.68 bits per heavy atom. The number of esters is 2. The summed E-state index contributed by atoms with van der Waals surface area (Å²) in [5, 5.41) is 4.97. The first-order valence-electron chi connectivity index (χ1n) is 16.3. The molecule has 3 aromatic carbocycles. The molecule has 5 aromatic rings. The number of ether oxygens (including phenoxy) is 3. The predicted molar refractivity (Wildman–Crippen MR) is 192 cm³/mol.